The van der Waals surface area contributed by atoms with Crippen LogP contribution in [0.1, 0.15) is 0 Å². The molecule has 0 N–H and O–H groups in total. The molecule has 6 heavy (non-hydrogen) atoms. The molecule has 0 spiro atoms. The Morgan fingerprint density at radius 3 is 2.00 bits per heavy atom. The van der Waals surface area contributed by atoms with Crippen LogP contribution in [-0.2, 0) is 4.79 Å². The fraction of sp³-hybridized carbons (Fsp3) is 0. The Morgan fingerprint density at radius 2 is 2.00 bits per heavy atom. The van der Waals surface area contributed by atoms with Crippen molar-refractivity contribution in [1.29, 1.82) is 0 Å². The van der Waals surface area contributed by atoms with E-state index in [1.54, 1.807) is 0 Å². The summed E-state index contributed by atoms with van der Waals surface area (Å²) in [4.78, 5) is 9.09. The first-order valence-corrected chi connectivity index (χ1v) is 1.08. The Kier molecular flexibility index (Phi) is 8.26. The van der Waals surface area contributed by atoms with E-state index in [0.29, 0.717) is 0 Å². The molecule has 0 aliphatic rings. The summed E-state index contributed by atoms with van der Waals surface area (Å²) in [5.74, 6) is -0.676. The Balaban J connectivity index is 0. The summed E-state index contributed by atoms with van der Waals surface area (Å²) in [6, 6.07) is 0. The van der Waals surface area contributed by atoms with E-state index >= 15 is 0 Å². The van der Waals surface area contributed by atoms with Gasteiger partial charge in [-0.25, -0.2) is 0 Å². The quantitative estimate of drug-likeness (QED) is 0.144. The van der Waals surface area contributed by atoms with Gasteiger partial charge in [-0.05, 0) is 0 Å². The summed E-state index contributed by atoms with van der Waals surface area (Å²) in [6.07, 6.45) is 0.167. The van der Waals surface area contributed by atoms with Crippen LogP contribution in [0.25, 0.3) is 0 Å². The maximum absolute atomic E-state index is 9.33. The van der Waals surface area contributed by atoms with Crippen LogP contribution >= 0.6 is 0 Å². The van der Waals surface area contributed by atoms with Gasteiger partial charge in [-0.1, -0.05) is 5.76 Å². The molecule has 0 atom stereocenters. The standard InChI is InChI=1S/C3H4O2.Na/c1-3(5)2-4;/h2,5H,1H2;/q;+1/p-1. The van der Waals surface area contributed by atoms with Gasteiger partial charge in [-0.2, -0.15) is 0 Å². The SMILES string of the molecule is C=C([O-])C=O.[Na+]. The molecular formula is C3H3NaO2. The molecule has 0 rings (SSSR count). The van der Waals surface area contributed by atoms with E-state index in [0.717, 1.165) is 0 Å². The summed E-state index contributed by atoms with van der Waals surface area (Å²) < 4.78 is 0. The Labute approximate surface area is 58.1 Å². The van der Waals surface area contributed by atoms with Crippen molar-refractivity contribution >= 4 is 6.29 Å². The van der Waals surface area contributed by atoms with Crippen LogP contribution in [0.15, 0.2) is 12.3 Å². The number of aldehydes is 1. The van der Waals surface area contributed by atoms with E-state index in [-0.39, 0.29) is 35.8 Å². The molecule has 0 radical (unpaired) electrons. The molecule has 0 saturated carbocycles. The molecule has 0 saturated heterocycles. The van der Waals surface area contributed by atoms with E-state index in [2.05, 4.69) is 6.58 Å². The average Bonchev–Trinajstić information content (AvgIpc) is 1.38. The van der Waals surface area contributed by atoms with Crippen LogP contribution in [0, 0.1) is 0 Å². The van der Waals surface area contributed by atoms with Gasteiger partial charge in [0.25, 0.3) is 0 Å². The van der Waals surface area contributed by atoms with E-state index in [9.17, 15) is 5.11 Å². The molecule has 0 aromatic carbocycles. The Morgan fingerprint density at radius 1 is 1.83 bits per heavy atom. The zero-order valence-corrected chi connectivity index (χ0v) is 5.60. The number of hydrogen-bond acceptors (Lipinski definition) is 2. The topological polar surface area (TPSA) is 40.1 Å². The summed E-state index contributed by atoms with van der Waals surface area (Å²) in [5.41, 5.74) is 0. The molecule has 0 aliphatic heterocycles. The van der Waals surface area contributed by atoms with Crippen molar-refractivity contribution in [3.63, 3.8) is 0 Å². The third kappa shape index (κ3) is 8.88. The second-order valence-electron chi connectivity index (χ2n) is 0.584. The molecule has 3 heteroatoms. The number of hydrogen-bond donors (Lipinski definition) is 0. The van der Waals surface area contributed by atoms with Gasteiger partial charge in [0.05, 0.1) is 0 Å². The van der Waals surface area contributed by atoms with Gasteiger partial charge in [0.15, 0.2) is 0 Å². The fourth-order valence-electron chi connectivity index (χ4n) is 0. The minimum Gasteiger partial charge on any atom is -0.871 e. The molecule has 0 unspecified atom stereocenters. The normalized spacial score (nSPS) is 5.33. The van der Waals surface area contributed by atoms with Gasteiger partial charge in [0.1, 0.15) is 6.29 Å². The minimum atomic E-state index is -0.676. The van der Waals surface area contributed by atoms with Crippen molar-refractivity contribution in [2.24, 2.45) is 0 Å². The van der Waals surface area contributed by atoms with Crippen LogP contribution in [0.4, 0.5) is 0 Å². The molecule has 0 aromatic heterocycles. The molecule has 0 aliphatic carbocycles. The largest absolute Gasteiger partial charge is 1.00 e. The molecule has 0 aromatic rings. The van der Waals surface area contributed by atoms with Crippen LogP contribution in [0.2, 0.25) is 0 Å². The van der Waals surface area contributed by atoms with Gasteiger partial charge >= 0.3 is 29.6 Å². The maximum Gasteiger partial charge on any atom is 1.00 e. The van der Waals surface area contributed by atoms with Gasteiger partial charge in [-0.3, -0.25) is 4.79 Å². The fourth-order valence-corrected chi connectivity index (χ4v) is 0. The van der Waals surface area contributed by atoms with Gasteiger partial charge < -0.3 is 5.11 Å². The van der Waals surface area contributed by atoms with Gasteiger partial charge in [0.2, 0.25) is 0 Å². The summed E-state index contributed by atoms with van der Waals surface area (Å²) in [6.45, 7) is 2.75. The van der Waals surface area contributed by atoms with Crippen molar-refractivity contribution in [2.45, 2.75) is 0 Å². The third-order valence-electron chi connectivity index (χ3n) is 0.131. The summed E-state index contributed by atoms with van der Waals surface area (Å²) >= 11 is 0. The first-order valence-electron chi connectivity index (χ1n) is 1.08. The zero-order valence-electron chi connectivity index (χ0n) is 3.60. The molecule has 0 fully saturated rings. The van der Waals surface area contributed by atoms with Crippen LogP contribution < -0.4 is 34.7 Å². The van der Waals surface area contributed by atoms with E-state index < -0.39 is 5.76 Å². The van der Waals surface area contributed by atoms with E-state index in [1.165, 1.54) is 0 Å². The molecule has 0 bridgehead atoms. The minimum absolute atomic E-state index is 0. The molecule has 28 valence electrons. The van der Waals surface area contributed by atoms with Crippen LogP contribution in [-0.4, -0.2) is 6.29 Å². The molecule has 0 amide bonds. The average molecular weight is 94.0 g/mol. The van der Waals surface area contributed by atoms with Crippen molar-refractivity contribution < 1.29 is 39.5 Å². The second-order valence-corrected chi connectivity index (χ2v) is 0.584. The third-order valence-corrected chi connectivity index (χ3v) is 0.131. The van der Waals surface area contributed by atoms with Crippen molar-refractivity contribution in [3.8, 4) is 0 Å². The Hall–Kier alpha value is 0.210. The molecular weight excluding hydrogens is 91.0 g/mol. The molecule has 2 nitrogen and oxygen atoms in total. The van der Waals surface area contributed by atoms with E-state index in [4.69, 9.17) is 4.79 Å². The smallest absolute Gasteiger partial charge is 0.871 e. The monoisotopic (exact) mass is 94.0 g/mol. The first kappa shape index (κ1) is 9.51. The van der Waals surface area contributed by atoms with E-state index in [1.807, 2.05) is 0 Å². The van der Waals surface area contributed by atoms with Crippen LogP contribution in [0.3, 0.4) is 0 Å². The van der Waals surface area contributed by atoms with Gasteiger partial charge in [-0.15, -0.1) is 6.58 Å². The van der Waals surface area contributed by atoms with Crippen molar-refractivity contribution in [2.75, 3.05) is 0 Å². The zero-order chi connectivity index (χ0) is 4.28. The number of allylic oxidation sites excluding steroid dienone is 1. The molecule has 0 heterocycles. The number of rotatable bonds is 1. The predicted octanol–water partition coefficient (Wildman–Crippen LogP) is -3.94. The van der Waals surface area contributed by atoms with Gasteiger partial charge in [0, 0.05) is 0 Å². The van der Waals surface area contributed by atoms with Crippen molar-refractivity contribution in [1.82, 2.24) is 0 Å². The summed E-state index contributed by atoms with van der Waals surface area (Å²) in [5, 5.41) is 9.33. The number of carbonyl (C=O) groups is 1. The second kappa shape index (κ2) is 5.21. The summed E-state index contributed by atoms with van der Waals surface area (Å²) in [7, 11) is 0. The Bertz CT molecular complexity index is 59.8. The number of carbonyl (C=O) groups excluding carboxylic acids is 1. The predicted molar refractivity (Wildman–Crippen MR) is 15.2 cm³/mol. The van der Waals surface area contributed by atoms with Crippen LogP contribution in [0.5, 0.6) is 0 Å². The first-order chi connectivity index (χ1) is 2.27. The maximum atomic E-state index is 9.33. The van der Waals surface area contributed by atoms with Crippen molar-refractivity contribution in [3.05, 3.63) is 12.3 Å².